The molecule has 0 radical (unpaired) electrons. The van der Waals surface area contributed by atoms with Crippen LogP contribution in [0.1, 0.15) is 41.1 Å². The zero-order valence-corrected chi connectivity index (χ0v) is 15.7. The Kier molecular flexibility index (Phi) is 5.06. The maximum absolute atomic E-state index is 13.0. The molecule has 5 heteroatoms. The number of halogens is 1. The maximum Gasteiger partial charge on any atom is 0.249 e. The molecule has 0 aliphatic heterocycles. The summed E-state index contributed by atoms with van der Waals surface area (Å²) in [6.45, 7) is 1.94. The van der Waals surface area contributed by atoms with E-state index in [9.17, 15) is 9.18 Å². The number of aryl methyl sites for hydroxylation is 2. The standard InChI is InChI=1S/C23H22FN3O/c1-16-15-25-27(21-8-4-6-18-5-2-3-7-20(18)21)23(16)26-22(28)14-11-17-9-12-19(24)13-10-17/h2-3,5,7,9-15,21H,4,6,8H2,1H3,(H,26,28)/b14-11+/t21-/m1/s1. The van der Waals surface area contributed by atoms with Gasteiger partial charge in [0.05, 0.1) is 12.2 Å². The van der Waals surface area contributed by atoms with Crippen molar-refractivity contribution in [2.45, 2.75) is 32.2 Å². The van der Waals surface area contributed by atoms with E-state index in [0.717, 1.165) is 36.2 Å². The molecule has 0 spiro atoms. The molecule has 0 unspecified atom stereocenters. The van der Waals surface area contributed by atoms with Gasteiger partial charge in [-0.15, -0.1) is 0 Å². The molecule has 1 N–H and O–H groups in total. The summed E-state index contributed by atoms with van der Waals surface area (Å²) in [7, 11) is 0. The number of carbonyl (C=O) groups is 1. The van der Waals surface area contributed by atoms with Crippen molar-refractivity contribution in [3.05, 3.63) is 88.9 Å². The molecule has 1 heterocycles. The molecular weight excluding hydrogens is 353 g/mol. The van der Waals surface area contributed by atoms with Crippen molar-refractivity contribution in [2.75, 3.05) is 5.32 Å². The van der Waals surface area contributed by atoms with Gasteiger partial charge in [-0.3, -0.25) is 4.79 Å². The van der Waals surface area contributed by atoms with Gasteiger partial charge in [-0.1, -0.05) is 36.4 Å². The maximum atomic E-state index is 13.0. The third-order valence-electron chi connectivity index (χ3n) is 5.15. The SMILES string of the molecule is Cc1cnn([C@@H]2CCCc3ccccc32)c1NC(=O)/C=C/c1ccc(F)cc1. The van der Waals surface area contributed by atoms with Gasteiger partial charge in [0.2, 0.25) is 5.91 Å². The largest absolute Gasteiger partial charge is 0.307 e. The van der Waals surface area contributed by atoms with Gasteiger partial charge in [0, 0.05) is 11.6 Å². The third-order valence-corrected chi connectivity index (χ3v) is 5.15. The van der Waals surface area contributed by atoms with E-state index in [0.29, 0.717) is 0 Å². The molecule has 0 saturated carbocycles. The quantitative estimate of drug-likeness (QED) is 0.659. The molecule has 0 saturated heterocycles. The fraction of sp³-hybridized carbons (Fsp3) is 0.217. The first-order chi connectivity index (χ1) is 13.6. The first-order valence-electron chi connectivity index (χ1n) is 9.48. The lowest BCUT2D eigenvalue weighted by Gasteiger charge is -2.27. The predicted molar refractivity (Wildman–Crippen MR) is 109 cm³/mol. The summed E-state index contributed by atoms with van der Waals surface area (Å²) in [6.07, 6.45) is 8.08. The number of aromatic nitrogens is 2. The molecular formula is C23H22FN3O. The van der Waals surface area contributed by atoms with Crippen molar-refractivity contribution in [1.82, 2.24) is 9.78 Å². The minimum absolute atomic E-state index is 0.120. The molecule has 2 aromatic carbocycles. The topological polar surface area (TPSA) is 46.9 Å². The molecule has 3 aromatic rings. The molecule has 4 nitrogen and oxygen atoms in total. The van der Waals surface area contributed by atoms with Crippen LogP contribution in [-0.2, 0) is 11.2 Å². The lowest BCUT2D eigenvalue weighted by molar-refractivity contribution is -0.111. The lowest BCUT2D eigenvalue weighted by Crippen LogP contribution is -2.22. The minimum Gasteiger partial charge on any atom is -0.307 e. The Morgan fingerprint density at radius 1 is 1.21 bits per heavy atom. The average Bonchev–Trinajstić information content (AvgIpc) is 3.07. The summed E-state index contributed by atoms with van der Waals surface area (Å²) in [5.41, 5.74) is 4.31. The van der Waals surface area contributed by atoms with E-state index in [-0.39, 0.29) is 17.8 Å². The fourth-order valence-electron chi connectivity index (χ4n) is 3.73. The van der Waals surface area contributed by atoms with Crippen molar-refractivity contribution in [3.8, 4) is 0 Å². The number of nitrogens with zero attached hydrogens (tertiary/aromatic N) is 2. The molecule has 1 amide bonds. The van der Waals surface area contributed by atoms with E-state index >= 15 is 0 Å². The Labute approximate surface area is 163 Å². The zero-order valence-electron chi connectivity index (χ0n) is 15.7. The number of nitrogens with one attached hydrogen (secondary N) is 1. The summed E-state index contributed by atoms with van der Waals surface area (Å²) in [5.74, 6) is 0.183. The Morgan fingerprint density at radius 2 is 2.00 bits per heavy atom. The van der Waals surface area contributed by atoms with E-state index in [4.69, 9.17) is 0 Å². The highest BCUT2D eigenvalue weighted by Crippen LogP contribution is 2.35. The molecule has 1 aromatic heterocycles. The first kappa shape index (κ1) is 18.2. The van der Waals surface area contributed by atoms with Crippen molar-refractivity contribution in [3.63, 3.8) is 0 Å². The number of hydrogen-bond donors (Lipinski definition) is 1. The van der Waals surface area contributed by atoms with Crippen molar-refractivity contribution in [2.24, 2.45) is 0 Å². The highest BCUT2D eigenvalue weighted by Gasteiger charge is 2.25. The van der Waals surface area contributed by atoms with E-state index in [1.807, 2.05) is 11.6 Å². The van der Waals surface area contributed by atoms with Crippen molar-refractivity contribution >= 4 is 17.8 Å². The zero-order chi connectivity index (χ0) is 19.5. The number of hydrogen-bond acceptors (Lipinski definition) is 2. The lowest BCUT2D eigenvalue weighted by atomic mass is 9.88. The molecule has 142 valence electrons. The van der Waals surface area contributed by atoms with Crippen LogP contribution in [0.15, 0.2) is 60.8 Å². The van der Waals surface area contributed by atoms with Gasteiger partial charge in [0.25, 0.3) is 0 Å². The molecule has 28 heavy (non-hydrogen) atoms. The van der Waals surface area contributed by atoms with Crippen LogP contribution >= 0.6 is 0 Å². The average molecular weight is 375 g/mol. The Hall–Kier alpha value is -3.21. The number of rotatable bonds is 4. The van der Waals surface area contributed by atoms with E-state index in [1.165, 1.54) is 29.3 Å². The first-order valence-corrected chi connectivity index (χ1v) is 9.48. The second kappa shape index (κ2) is 7.80. The van der Waals surface area contributed by atoms with Crippen LogP contribution in [0, 0.1) is 12.7 Å². The van der Waals surface area contributed by atoms with Gasteiger partial charge in [-0.25, -0.2) is 9.07 Å². The van der Waals surface area contributed by atoms with Gasteiger partial charge in [-0.05, 0) is 61.1 Å². The second-order valence-electron chi connectivity index (χ2n) is 7.10. The van der Waals surface area contributed by atoms with Crippen LogP contribution in [-0.4, -0.2) is 15.7 Å². The summed E-state index contributed by atoms with van der Waals surface area (Å²) >= 11 is 0. The van der Waals surface area contributed by atoms with Crippen molar-refractivity contribution < 1.29 is 9.18 Å². The highest BCUT2D eigenvalue weighted by molar-refractivity contribution is 6.01. The van der Waals surface area contributed by atoms with Crippen LogP contribution in [0.3, 0.4) is 0 Å². The normalized spacial score (nSPS) is 16.1. The smallest absolute Gasteiger partial charge is 0.249 e. The van der Waals surface area contributed by atoms with E-state index in [2.05, 4.69) is 34.7 Å². The third kappa shape index (κ3) is 3.74. The summed E-state index contributed by atoms with van der Waals surface area (Å²) in [4.78, 5) is 12.5. The number of benzene rings is 2. The summed E-state index contributed by atoms with van der Waals surface area (Å²) in [6, 6.07) is 14.6. The molecule has 1 aliphatic carbocycles. The van der Waals surface area contributed by atoms with Crippen LogP contribution in [0.25, 0.3) is 6.08 Å². The molecule has 1 atom stereocenters. The number of carbonyl (C=O) groups excluding carboxylic acids is 1. The van der Waals surface area contributed by atoms with Crippen LogP contribution in [0.4, 0.5) is 10.2 Å². The second-order valence-corrected chi connectivity index (χ2v) is 7.10. The molecule has 4 rings (SSSR count). The monoisotopic (exact) mass is 375 g/mol. The fourth-order valence-corrected chi connectivity index (χ4v) is 3.73. The summed E-state index contributed by atoms with van der Waals surface area (Å²) in [5, 5.41) is 7.52. The Balaban J connectivity index is 1.56. The van der Waals surface area contributed by atoms with E-state index in [1.54, 1.807) is 24.4 Å². The number of fused-ring (bicyclic) bond motifs is 1. The van der Waals surface area contributed by atoms with Gasteiger partial charge >= 0.3 is 0 Å². The van der Waals surface area contributed by atoms with Gasteiger partial charge in [0.15, 0.2) is 0 Å². The van der Waals surface area contributed by atoms with Crippen LogP contribution < -0.4 is 5.32 Å². The van der Waals surface area contributed by atoms with E-state index < -0.39 is 0 Å². The van der Waals surface area contributed by atoms with Gasteiger partial charge in [-0.2, -0.15) is 5.10 Å². The molecule has 0 fully saturated rings. The number of anilines is 1. The van der Waals surface area contributed by atoms with Crippen LogP contribution in [0.2, 0.25) is 0 Å². The molecule has 0 bridgehead atoms. The summed E-state index contributed by atoms with van der Waals surface area (Å²) < 4.78 is 14.9. The van der Waals surface area contributed by atoms with Crippen LogP contribution in [0.5, 0.6) is 0 Å². The highest BCUT2D eigenvalue weighted by atomic mass is 19.1. The molecule has 1 aliphatic rings. The van der Waals surface area contributed by atoms with Crippen molar-refractivity contribution in [1.29, 1.82) is 0 Å². The van der Waals surface area contributed by atoms with Gasteiger partial charge < -0.3 is 5.32 Å². The van der Waals surface area contributed by atoms with Gasteiger partial charge in [0.1, 0.15) is 11.6 Å². The Bertz CT molecular complexity index is 1020. The Morgan fingerprint density at radius 3 is 2.82 bits per heavy atom. The number of amides is 1. The minimum atomic E-state index is -0.297. The predicted octanol–water partition coefficient (Wildman–Crippen LogP) is 4.91.